The first-order chi connectivity index (χ1) is 17.8. The Labute approximate surface area is 235 Å². The van der Waals surface area contributed by atoms with Crippen LogP contribution in [0.15, 0.2) is 57.3 Å². The van der Waals surface area contributed by atoms with Crippen LogP contribution >= 0.6 is 39.3 Å². The fourth-order valence-electron chi connectivity index (χ4n) is 4.28. The zero-order valence-electron chi connectivity index (χ0n) is 21.3. The van der Waals surface area contributed by atoms with Crippen LogP contribution in [0.5, 0.6) is 11.5 Å². The van der Waals surface area contributed by atoms with E-state index >= 15 is 0 Å². The van der Waals surface area contributed by atoms with E-state index in [9.17, 15) is 4.79 Å². The van der Waals surface area contributed by atoms with Crippen molar-refractivity contribution < 1.29 is 14.3 Å². The molecule has 1 aliphatic heterocycles. The van der Waals surface area contributed by atoms with Crippen molar-refractivity contribution in [1.82, 2.24) is 14.8 Å². The number of carbonyl (C=O) groups is 1. The highest BCUT2D eigenvalue weighted by Crippen LogP contribution is 2.43. The van der Waals surface area contributed by atoms with Crippen LogP contribution in [0.3, 0.4) is 0 Å². The number of unbranched alkanes of at least 4 members (excludes halogenated alkanes) is 2. The summed E-state index contributed by atoms with van der Waals surface area (Å²) in [6.07, 6.45) is 3.19. The molecule has 0 fully saturated rings. The van der Waals surface area contributed by atoms with E-state index < -0.39 is 6.04 Å². The fraction of sp³-hybridized carbons (Fsp3) is 0.370. The van der Waals surface area contributed by atoms with Crippen LogP contribution in [-0.2, 0) is 10.5 Å². The minimum atomic E-state index is -0.477. The van der Waals surface area contributed by atoms with Crippen molar-refractivity contribution in [1.29, 1.82) is 0 Å². The average molecular weight is 606 g/mol. The molecule has 0 saturated heterocycles. The molecule has 0 amide bonds. The lowest BCUT2D eigenvalue weighted by atomic mass is 9.93. The fourth-order valence-corrected chi connectivity index (χ4v) is 5.97. The topological polar surface area (TPSA) is 78.3 Å². The molecule has 1 aromatic heterocycles. The van der Waals surface area contributed by atoms with Crippen LogP contribution in [0.2, 0.25) is 5.02 Å². The Bertz CT molecular complexity index is 1330. The molecule has 3 aromatic rings. The molecule has 196 valence electrons. The van der Waals surface area contributed by atoms with E-state index in [0.717, 1.165) is 40.6 Å². The van der Waals surface area contributed by atoms with Crippen molar-refractivity contribution in [3.05, 3.63) is 68.3 Å². The molecule has 2 heterocycles. The van der Waals surface area contributed by atoms with Gasteiger partial charge in [0.2, 0.25) is 11.1 Å². The second-order valence-electron chi connectivity index (χ2n) is 8.75. The van der Waals surface area contributed by atoms with Gasteiger partial charge in [-0.25, -0.2) is 4.68 Å². The number of ether oxygens (including phenoxy) is 2. The third kappa shape index (κ3) is 6.16. The number of anilines is 1. The number of hydrogen-bond acceptors (Lipinski definition) is 7. The highest BCUT2D eigenvalue weighted by molar-refractivity contribution is 9.10. The van der Waals surface area contributed by atoms with Crippen molar-refractivity contribution >= 4 is 51.0 Å². The summed E-state index contributed by atoms with van der Waals surface area (Å²) >= 11 is 11.5. The van der Waals surface area contributed by atoms with Gasteiger partial charge in [0.15, 0.2) is 17.3 Å². The van der Waals surface area contributed by atoms with E-state index in [4.69, 9.17) is 31.2 Å². The number of benzene rings is 2. The number of ketones is 1. The van der Waals surface area contributed by atoms with Crippen LogP contribution in [0.25, 0.3) is 0 Å². The van der Waals surface area contributed by atoms with Crippen molar-refractivity contribution in [3.8, 4) is 11.5 Å². The number of rotatable bonds is 11. The number of nitrogens with zero attached hydrogens (tertiary/aromatic N) is 3. The molecule has 1 N–H and O–H groups in total. The van der Waals surface area contributed by atoms with E-state index in [-0.39, 0.29) is 5.78 Å². The smallest absolute Gasteiger partial charge is 0.227 e. The van der Waals surface area contributed by atoms with Gasteiger partial charge in [0.05, 0.1) is 18.2 Å². The molecule has 4 rings (SSSR count). The molecule has 1 aliphatic rings. The Hall–Kier alpha value is -2.49. The monoisotopic (exact) mass is 604 g/mol. The van der Waals surface area contributed by atoms with Crippen LogP contribution in [0, 0.1) is 0 Å². The minimum Gasteiger partial charge on any atom is -0.493 e. The zero-order valence-corrected chi connectivity index (χ0v) is 24.5. The van der Waals surface area contributed by atoms with Gasteiger partial charge >= 0.3 is 0 Å². The number of halogens is 2. The van der Waals surface area contributed by atoms with E-state index in [1.54, 1.807) is 18.7 Å². The van der Waals surface area contributed by atoms with Gasteiger partial charge in [-0.1, -0.05) is 61.3 Å². The van der Waals surface area contributed by atoms with Crippen LogP contribution in [0.4, 0.5) is 5.95 Å². The summed E-state index contributed by atoms with van der Waals surface area (Å²) in [5, 5.41) is 9.34. The molecule has 0 radical (unpaired) electrons. The molecule has 0 saturated carbocycles. The highest BCUT2D eigenvalue weighted by atomic mass is 79.9. The molecule has 0 spiro atoms. The summed E-state index contributed by atoms with van der Waals surface area (Å²) in [5.74, 6) is 2.40. The van der Waals surface area contributed by atoms with Crippen molar-refractivity contribution in [2.75, 3.05) is 19.0 Å². The number of Topliss-reactive ketones (excluding diaryl/α,β-unsaturated/α-hetero) is 1. The maximum atomic E-state index is 12.8. The van der Waals surface area contributed by atoms with Crippen LogP contribution < -0.4 is 14.8 Å². The summed E-state index contributed by atoms with van der Waals surface area (Å²) in [6, 6.07) is 11.1. The Balaban J connectivity index is 1.69. The summed E-state index contributed by atoms with van der Waals surface area (Å²) in [5.41, 5.74) is 3.21. The Morgan fingerprint density at radius 1 is 1.27 bits per heavy atom. The second kappa shape index (κ2) is 12.4. The summed E-state index contributed by atoms with van der Waals surface area (Å²) < 4.78 is 14.3. The van der Waals surface area contributed by atoms with Gasteiger partial charge in [-0.15, -0.1) is 5.10 Å². The second-order valence-corrected chi connectivity index (χ2v) is 11.0. The number of aromatic nitrogens is 3. The number of allylic oxidation sites excluding steroid dienone is 2. The molecule has 0 bridgehead atoms. The molecular formula is C27H30BrClN4O3S. The number of methoxy groups -OCH3 is 1. The first kappa shape index (κ1) is 27.5. The van der Waals surface area contributed by atoms with Crippen molar-refractivity contribution in [2.45, 2.75) is 57.0 Å². The van der Waals surface area contributed by atoms with Gasteiger partial charge in [-0.05, 0) is 65.5 Å². The predicted molar refractivity (Wildman–Crippen MR) is 152 cm³/mol. The molecule has 10 heteroatoms. The Morgan fingerprint density at radius 3 is 2.76 bits per heavy atom. The molecule has 0 aliphatic carbocycles. The van der Waals surface area contributed by atoms with Gasteiger partial charge < -0.3 is 14.8 Å². The molecule has 1 atom stereocenters. The molecule has 37 heavy (non-hydrogen) atoms. The number of carbonyl (C=O) groups excluding carboxylic acids is 1. The SMILES string of the molecule is CCCCCOc1c(Br)cc(C2C(C(C)=O)=C(C)Nc3nc(SCc4ccccc4Cl)nn32)cc1OC. The summed E-state index contributed by atoms with van der Waals surface area (Å²) in [6.45, 7) is 6.22. The van der Waals surface area contributed by atoms with Gasteiger partial charge in [-0.2, -0.15) is 4.98 Å². The van der Waals surface area contributed by atoms with E-state index in [1.165, 1.54) is 11.8 Å². The van der Waals surface area contributed by atoms with Gasteiger partial charge in [0.25, 0.3) is 0 Å². The number of nitrogens with one attached hydrogen (secondary N) is 1. The van der Waals surface area contributed by atoms with Gasteiger partial charge in [0, 0.05) is 22.0 Å². The Morgan fingerprint density at radius 2 is 2.05 bits per heavy atom. The number of thioether (sulfide) groups is 1. The van der Waals surface area contributed by atoms with Crippen LogP contribution in [-0.4, -0.2) is 34.3 Å². The maximum Gasteiger partial charge on any atom is 0.227 e. The lowest BCUT2D eigenvalue weighted by Crippen LogP contribution is -2.28. The molecule has 7 nitrogen and oxygen atoms in total. The van der Waals surface area contributed by atoms with E-state index in [2.05, 4.69) is 28.2 Å². The standard InChI is InChI=1S/C27H30BrClN4O3S/c1-5-6-9-12-36-25-20(28)13-19(14-22(25)35-4)24-23(17(3)34)16(2)30-26-31-27(32-33(24)26)37-15-18-10-7-8-11-21(18)29/h7-8,10-11,13-14,24H,5-6,9,12,15H2,1-4H3,(H,30,31,32). The average Bonchev–Trinajstić information content (AvgIpc) is 3.27. The first-order valence-electron chi connectivity index (χ1n) is 12.2. The van der Waals surface area contributed by atoms with E-state index in [1.807, 2.05) is 43.3 Å². The lowest BCUT2D eigenvalue weighted by Gasteiger charge is -2.28. The third-order valence-electron chi connectivity index (χ3n) is 6.09. The summed E-state index contributed by atoms with van der Waals surface area (Å²) in [4.78, 5) is 17.5. The minimum absolute atomic E-state index is 0.0450. The molecule has 2 aromatic carbocycles. The molecular weight excluding hydrogens is 576 g/mol. The first-order valence-corrected chi connectivity index (χ1v) is 14.3. The largest absolute Gasteiger partial charge is 0.493 e. The summed E-state index contributed by atoms with van der Waals surface area (Å²) in [7, 11) is 1.62. The van der Waals surface area contributed by atoms with Crippen molar-refractivity contribution in [2.24, 2.45) is 0 Å². The normalized spacial score (nSPS) is 14.8. The predicted octanol–water partition coefficient (Wildman–Crippen LogP) is 7.44. The van der Waals surface area contributed by atoms with Gasteiger partial charge in [-0.3, -0.25) is 4.79 Å². The van der Waals surface area contributed by atoms with Crippen molar-refractivity contribution in [3.63, 3.8) is 0 Å². The highest BCUT2D eigenvalue weighted by Gasteiger charge is 2.34. The number of hydrogen-bond donors (Lipinski definition) is 1. The maximum absolute atomic E-state index is 12.8. The van der Waals surface area contributed by atoms with E-state index in [0.29, 0.717) is 45.6 Å². The lowest BCUT2D eigenvalue weighted by molar-refractivity contribution is -0.114. The third-order valence-corrected chi connectivity index (χ3v) is 7.93. The van der Waals surface area contributed by atoms with Crippen LogP contribution in [0.1, 0.15) is 57.2 Å². The quantitative estimate of drug-likeness (QED) is 0.180. The van der Waals surface area contributed by atoms with Gasteiger partial charge in [0.1, 0.15) is 6.04 Å². The zero-order chi connectivity index (χ0) is 26.5. The Kier molecular flexibility index (Phi) is 9.21. The number of fused-ring (bicyclic) bond motifs is 1. The molecule has 1 unspecified atom stereocenters.